The molecule has 1 saturated heterocycles. The number of hydrogen-bond acceptors (Lipinski definition) is 5. The Morgan fingerprint density at radius 1 is 1.00 bits per heavy atom. The number of benzene rings is 2. The molecule has 0 atom stereocenters. The van der Waals surface area contributed by atoms with E-state index in [4.69, 9.17) is 15.2 Å². The van der Waals surface area contributed by atoms with Gasteiger partial charge in [0.1, 0.15) is 11.9 Å². The fraction of sp³-hybridized carbons (Fsp3) is 0.481. The fourth-order valence-electron chi connectivity index (χ4n) is 5.13. The number of nitrogens with one attached hydrogen (secondary N) is 2. The molecule has 8 nitrogen and oxygen atoms in total. The van der Waals surface area contributed by atoms with E-state index in [1.54, 1.807) is 12.1 Å². The van der Waals surface area contributed by atoms with Crippen LogP contribution in [0.25, 0.3) is 22.2 Å². The SMILES string of the molecule is Nc1c(-c2ccc(NS(=O)(=O)NCC3CC3)cc2)n(C2CCC2)c2cc(OC3CCOCC3)ccc12. The molecule has 9 heteroatoms. The first-order chi connectivity index (χ1) is 17.5. The number of fused-ring (bicyclic) bond motifs is 1. The van der Waals surface area contributed by atoms with E-state index in [-0.39, 0.29) is 6.10 Å². The predicted molar refractivity (Wildman–Crippen MR) is 142 cm³/mol. The Labute approximate surface area is 212 Å². The van der Waals surface area contributed by atoms with Gasteiger partial charge in [0.15, 0.2) is 0 Å². The normalized spacial score (nSPS) is 19.3. The third kappa shape index (κ3) is 4.92. The lowest BCUT2D eigenvalue weighted by atomic mass is 9.92. The van der Waals surface area contributed by atoms with Crippen LogP contribution in [0.15, 0.2) is 42.5 Å². The van der Waals surface area contributed by atoms with Crippen LogP contribution in [0.3, 0.4) is 0 Å². The molecule has 1 aliphatic heterocycles. The van der Waals surface area contributed by atoms with Gasteiger partial charge in [0.25, 0.3) is 10.2 Å². The van der Waals surface area contributed by atoms with Gasteiger partial charge in [0.2, 0.25) is 0 Å². The minimum absolute atomic E-state index is 0.176. The molecule has 1 aromatic heterocycles. The molecule has 0 spiro atoms. The van der Waals surface area contributed by atoms with Crippen molar-refractivity contribution in [3.8, 4) is 17.0 Å². The van der Waals surface area contributed by atoms with Gasteiger partial charge in [-0.2, -0.15) is 13.1 Å². The summed E-state index contributed by atoms with van der Waals surface area (Å²) < 4.78 is 44.1. The van der Waals surface area contributed by atoms with E-state index in [0.29, 0.717) is 24.2 Å². The van der Waals surface area contributed by atoms with Gasteiger partial charge in [-0.25, -0.2) is 0 Å². The molecule has 6 rings (SSSR count). The van der Waals surface area contributed by atoms with Crippen LogP contribution in [0, 0.1) is 5.92 Å². The van der Waals surface area contributed by atoms with E-state index in [1.165, 1.54) is 6.42 Å². The number of aromatic nitrogens is 1. The van der Waals surface area contributed by atoms with Crippen molar-refractivity contribution in [2.24, 2.45) is 5.92 Å². The molecule has 0 amide bonds. The second-order valence-electron chi connectivity index (χ2n) is 10.3. The predicted octanol–water partition coefficient (Wildman–Crippen LogP) is 4.83. The molecule has 0 radical (unpaired) electrons. The van der Waals surface area contributed by atoms with Crippen LogP contribution < -0.4 is 19.9 Å². The van der Waals surface area contributed by atoms with Gasteiger partial charge in [0.05, 0.1) is 30.1 Å². The summed E-state index contributed by atoms with van der Waals surface area (Å²) in [5.41, 5.74) is 11.1. The molecule has 3 aliphatic rings. The largest absolute Gasteiger partial charge is 0.490 e. The molecule has 0 unspecified atom stereocenters. The van der Waals surface area contributed by atoms with Crippen molar-refractivity contribution >= 4 is 32.5 Å². The maximum Gasteiger partial charge on any atom is 0.299 e. The quantitative estimate of drug-likeness (QED) is 0.382. The highest BCUT2D eigenvalue weighted by Gasteiger charge is 2.28. The van der Waals surface area contributed by atoms with Crippen LogP contribution in [0.2, 0.25) is 0 Å². The molecule has 2 saturated carbocycles. The molecule has 36 heavy (non-hydrogen) atoms. The van der Waals surface area contributed by atoms with E-state index in [9.17, 15) is 8.42 Å². The average Bonchev–Trinajstić information content (AvgIpc) is 3.63. The van der Waals surface area contributed by atoms with E-state index >= 15 is 0 Å². The summed E-state index contributed by atoms with van der Waals surface area (Å²) in [6, 6.07) is 14.1. The summed E-state index contributed by atoms with van der Waals surface area (Å²) >= 11 is 0. The van der Waals surface area contributed by atoms with Crippen molar-refractivity contribution in [2.75, 3.05) is 30.2 Å². The summed E-state index contributed by atoms with van der Waals surface area (Å²) in [5.74, 6) is 1.34. The third-order valence-corrected chi connectivity index (χ3v) is 8.65. The molecule has 4 N–H and O–H groups in total. The molecule has 2 heterocycles. The zero-order chi connectivity index (χ0) is 24.7. The lowest BCUT2D eigenvalue weighted by molar-refractivity contribution is 0.0256. The molecule has 2 aliphatic carbocycles. The van der Waals surface area contributed by atoms with Gasteiger partial charge >= 0.3 is 0 Å². The summed E-state index contributed by atoms with van der Waals surface area (Å²) in [7, 11) is -3.58. The Bertz CT molecular complexity index is 1340. The summed E-state index contributed by atoms with van der Waals surface area (Å²) in [6.07, 6.45) is 7.61. The van der Waals surface area contributed by atoms with Crippen molar-refractivity contribution in [2.45, 2.75) is 57.1 Å². The van der Waals surface area contributed by atoms with E-state index in [1.807, 2.05) is 18.2 Å². The second-order valence-corrected chi connectivity index (χ2v) is 11.8. The van der Waals surface area contributed by atoms with Gasteiger partial charge in [-0.3, -0.25) is 4.72 Å². The number of rotatable bonds is 9. The maximum absolute atomic E-state index is 12.4. The Kier molecular flexibility index (Phi) is 6.31. The molecular weight excluding hydrogens is 476 g/mol. The Morgan fingerprint density at radius 2 is 1.75 bits per heavy atom. The molecule has 0 bridgehead atoms. The minimum atomic E-state index is -3.58. The topological polar surface area (TPSA) is 108 Å². The van der Waals surface area contributed by atoms with Crippen LogP contribution in [0.1, 0.15) is 51.0 Å². The first-order valence-corrected chi connectivity index (χ1v) is 14.5. The van der Waals surface area contributed by atoms with E-state index in [2.05, 4.69) is 26.1 Å². The highest BCUT2D eigenvalue weighted by Crippen LogP contribution is 2.45. The van der Waals surface area contributed by atoms with Crippen LogP contribution >= 0.6 is 0 Å². The maximum atomic E-state index is 12.4. The Morgan fingerprint density at radius 3 is 2.42 bits per heavy atom. The van der Waals surface area contributed by atoms with Crippen molar-refractivity contribution in [3.63, 3.8) is 0 Å². The first kappa shape index (κ1) is 23.6. The van der Waals surface area contributed by atoms with Crippen molar-refractivity contribution in [1.29, 1.82) is 0 Å². The Balaban J connectivity index is 1.29. The molecular formula is C27H34N4O4S. The summed E-state index contributed by atoms with van der Waals surface area (Å²) in [4.78, 5) is 0. The van der Waals surface area contributed by atoms with Gasteiger partial charge in [-0.15, -0.1) is 0 Å². The lowest BCUT2D eigenvalue weighted by Crippen LogP contribution is -2.31. The van der Waals surface area contributed by atoms with Crippen LogP contribution in [0.5, 0.6) is 5.75 Å². The monoisotopic (exact) mass is 510 g/mol. The van der Waals surface area contributed by atoms with E-state index < -0.39 is 10.2 Å². The van der Waals surface area contributed by atoms with Crippen molar-refractivity contribution < 1.29 is 17.9 Å². The number of hydrogen-bond donors (Lipinski definition) is 3. The smallest absolute Gasteiger partial charge is 0.299 e. The number of nitrogens with zero attached hydrogens (tertiary/aromatic N) is 1. The first-order valence-electron chi connectivity index (χ1n) is 13.0. The van der Waals surface area contributed by atoms with E-state index in [0.717, 1.165) is 85.3 Å². The van der Waals surface area contributed by atoms with Crippen molar-refractivity contribution in [3.05, 3.63) is 42.5 Å². The molecule has 3 aromatic rings. The minimum Gasteiger partial charge on any atom is -0.490 e. The standard InChI is InChI=1S/C27H34N4O4S/c28-26-24-11-10-23(35-22-12-14-34-15-13-22)16-25(24)31(21-2-1-3-21)27(26)19-6-8-20(9-7-19)30-36(32,33)29-17-18-4-5-18/h6-11,16,18,21-22,29-30H,1-5,12-15,17,28H2. The van der Waals surface area contributed by atoms with Gasteiger partial charge in [-0.1, -0.05) is 12.1 Å². The van der Waals surface area contributed by atoms with Gasteiger partial charge < -0.3 is 19.8 Å². The highest BCUT2D eigenvalue weighted by atomic mass is 32.2. The van der Waals surface area contributed by atoms with Gasteiger partial charge in [-0.05, 0) is 62.3 Å². The number of nitrogens with two attached hydrogens (primary N) is 1. The van der Waals surface area contributed by atoms with Crippen LogP contribution in [-0.2, 0) is 14.9 Å². The van der Waals surface area contributed by atoms with Crippen LogP contribution in [-0.4, -0.2) is 38.8 Å². The molecule has 2 aromatic carbocycles. The van der Waals surface area contributed by atoms with Crippen molar-refractivity contribution in [1.82, 2.24) is 9.29 Å². The van der Waals surface area contributed by atoms with Gasteiger partial charge in [0, 0.05) is 48.1 Å². The average molecular weight is 511 g/mol. The lowest BCUT2D eigenvalue weighted by Gasteiger charge is -2.30. The number of anilines is 2. The van der Waals surface area contributed by atoms with Crippen LogP contribution in [0.4, 0.5) is 11.4 Å². The summed E-state index contributed by atoms with van der Waals surface area (Å²) in [6.45, 7) is 1.97. The fourth-order valence-corrected chi connectivity index (χ4v) is 6.11. The molecule has 192 valence electrons. The highest BCUT2D eigenvalue weighted by molar-refractivity contribution is 7.90. The Hall–Kier alpha value is -2.75. The zero-order valence-electron chi connectivity index (χ0n) is 20.4. The second kappa shape index (κ2) is 9.61. The number of nitrogen functional groups attached to an aromatic ring is 1. The zero-order valence-corrected chi connectivity index (χ0v) is 21.2. The summed E-state index contributed by atoms with van der Waals surface area (Å²) in [5, 5.41) is 1.02. The third-order valence-electron chi connectivity index (χ3n) is 7.60. The molecule has 3 fully saturated rings. The number of ether oxygens (including phenoxy) is 2.